The Labute approximate surface area is 155 Å². The van der Waals surface area contributed by atoms with Gasteiger partial charge >= 0.3 is 12.0 Å². The first-order valence-electron chi connectivity index (χ1n) is 8.20. The molecule has 8 nitrogen and oxygen atoms in total. The maximum absolute atomic E-state index is 12.6. The Morgan fingerprint density at radius 2 is 2.15 bits per heavy atom. The van der Waals surface area contributed by atoms with E-state index >= 15 is 0 Å². The minimum atomic E-state index is -0.818. The number of amides is 2. The number of hydrogen-bond donors (Lipinski definition) is 1. The fourth-order valence-electron chi connectivity index (χ4n) is 2.75. The van der Waals surface area contributed by atoms with Crippen LogP contribution in [0.2, 0.25) is 0 Å². The number of ether oxygens (including phenoxy) is 1. The van der Waals surface area contributed by atoms with Gasteiger partial charge in [-0.15, -0.1) is 0 Å². The number of benzene rings is 1. The molecule has 0 aromatic heterocycles. The van der Waals surface area contributed by atoms with Gasteiger partial charge < -0.3 is 10.1 Å². The average molecular weight is 379 g/mol. The van der Waals surface area contributed by atoms with Gasteiger partial charge in [-0.05, 0) is 25.2 Å². The van der Waals surface area contributed by atoms with Gasteiger partial charge in [0, 0.05) is 23.1 Å². The van der Waals surface area contributed by atoms with Gasteiger partial charge in [-0.1, -0.05) is 19.1 Å². The molecule has 1 aliphatic rings. The Bertz CT molecular complexity index is 750. The van der Waals surface area contributed by atoms with Gasteiger partial charge in [0.25, 0.3) is 5.69 Å². The van der Waals surface area contributed by atoms with E-state index in [-0.39, 0.29) is 12.3 Å². The lowest BCUT2D eigenvalue weighted by atomic mass is 9.87. The molecule has 2 atom stereocenters. The third-order valence-corrected chi connectivity index (χ3v) is 4.92. The summed E-state index contributed by atoms with van der Waals surface area (Å²) < 4.78 is 5.32. The summed E-state index contributed by atoms with van der Waals surface area (Å²) in [6.45, 7) is 5.49. The maximum atomic E-state index is 12.6. The van der Waals surface area contributed by atoms with Gasteiger partial charge in [0.2, 0.25) is 0 Å². The van der Waals surface area contributed by atoms with E-state index in [0.717, 1.165) is 5.75 Å². The molecule has 1 aromatic rings. The second-order valence-electron chi connectivity index (χ2n) is 5.83. The Morgan fingerprint density at radius 1 is 1.42 bits per heavy atom. The van der Waals surface area contributed by atoms with E-state index in [9.17, 15) is 19.7 Å². The van der Waals surface area contributed by atoms with Crippen molar-refractivity contribution >= 4 is 35.2 Å². The van der Waals surface area contributed by atoms with E-state index in [4.69, 9.17) is 4.74 Å². The molecule has 0 saturated heterocycles. The van der Waals surface area contributed by atoms with Crippen LogP contribution in [0.25, 0.3) is 0 Å². The largest absolute Gasteiger partial charge is 0.464 e. The molecule has 0 bridgehead atoms. The number of rotatable bonds is 7. The standard InChI is InChI=1S/C17H21N3O5S/c1-4-26-8-7-25-16(21)14-11(3)18-17(22)19-15(14)12-6-5-10(2)13(9-12)20(23)24/h5-6,9,14-15H,4,7-8H2,1-3H3,(H,19,22). The first-order valence-corrected chi connectivity index (χ1v) is 9.35. The molecule has 0 aliphatic carbocycles. The topological polar surface area (TPSA) is 111 Å². The number of nitro groups is 1. The lowest BCUT2D eigenvalue weighted by molar-refractivity contribution is -0.385. The number of esters is 1. The Morgan fingerprint density at radius 3 is 2.81 bits per heavy atom. The Kier molecular flexibility index (Phi) is 6.73. The predicted octanol–water partition coefficient (Wildman–Crippen LogP) is 3.04. The average Bonchev–Trinajstić information content (AvgIpc) is 2.58. The van der Waals surface area contributed by atoms with Crippen molar-refractivity contribution in [1.82, 2.24) is 5.32 Å². The molecule has 1 heterocycles. The lowest BCUT2D eigenvalue weighted by Gasteiger charge is -2.29. The number of urea groups is 1. The number of aryl methyl sites for hydroxylation is 1. The van der Waals surface area contributed by atoms with Crippen LogP contribution in [0.1, 0.15) is 31.0 Å². The molecule has 1 aromatic carbocycles. The van der Waals surface area contributed by atoms with E-state index in [1.54, 1.807) is 37.7 Å². The van der Waals surface area contributed by atoms with Crippen molar-refractivity contribution in [2.75, 3.05) is 18.1 Å². The van der Waals surface area contributed by atoms with Crippen LogP contribution in [-0.4, -0.2) is 40.7 Å². The molecule has 0 fully saturated rings. The highest BCUT2D eigenvalue weighted by Crippen LogP contribution is 2.31. The van der Waals surface area contributed by atoms with Crippen molar-refractivity contribution < 1.29 is 19.2 Å². The zero-order valence-corrected chi connectivity index (χ0v) is 15.7. The molecule has 140 valence electrons. The number of thioether (sulfide) groups is 1. The van der Waals surface area contributed by atoms with Crippen molar-refractivity contribution in [1.29, 1.82) is 0 Å². The summed E-state index contributed by atoms with van der Waals surface area (Å²) in [5.41, 5.74) is 1.23. The lowest BCUT2D eigenvalue weighted by Crippen LogP contribution is -2.44. The summed E-state index contributed by atoms with van der Waals surface area (Å²) in [7, 11) is 0. The number of hydrogen-bond acceptors (Lipinski definition) is 6. The minimum Gasteiger partial charge on any atom is -0.464 e. The monoisotopic (exact) mass is 379 g/mol. The molecule has 2 amide bonds. The first kappa shape index (κ1) is 19.9. The SMILES string of the molecule is CCSCCOC(=O)C1C(C)=NC(=O)NC1c1ccc(C)c([N+](=O)[O-])c1. The number of carbonyl (C=O) groups is 2. The van der Waals surface area contributed by atoms with Gasteiger partial charge in [-0.3, -0.25) is 14.9 Å². The minimum absolute atomic E-state index is 0.0663. The smallest absolute Gasteiger partial charge is 0.341 e. The maximum Gasteiger partial charge on any atom is 0.341 e. The van der Waals surface area contributed by atoms with Crippen molar-refractivity contribution in [3.05, 3.63) is 39.4 Å². The molecular weight excluding hydrogens is 358 g/mol. The molecule has 0 radical (unpaired) electrons. The summed E-state index contributed by atoms with van der Waals surface area (Å²) in [4.78, 5) is 38.9. The fourth-order valence-corrected chi connectivity index (χ4v) is 3.24. The predicted molar refractivity (Wildman–Crippen MR) is 99.7 cm³/mol. The molecule has 1 N–H and O–H groups in total. The van der Waals surface area contributed by atoms with Crippen molar-refractivity contribution in [3.63, 3.8) is 0 Å². The summed E-state index contributed by atoms with van der Waals surface area (Å²) in [5.74, 6) is 0.281. The molecule has 1 aliphatic heterocycles. The highest BCUT2D eigenvalue weighted by atomic mass is 32.2. The number of aliphatic imine (C=N–C) groups is 1. The Balaban J connectivity index is 2.30. The van der Waals surface area contributed by atoms with Crippen LogP contribution < -0.4 is 5.32 Å². The molecule has 26 heavy (non-hydrogen) atoms. The van der Waals surface area contributed by atoms with E-state index < -0.39 is 28.9 Å². The van der Waals surface area contributed by atoms with E-state index in [2.05, 4.69) is 10.3 Å². The fraction of sp³-hybridized carbons (Fsp3) is 0.471. The second-order valence-corrected chi connectivity index (χ2v) is 7.22. The van der Waals surface area contributed by atoms with Crippen LogP contribution in [0.15, 0.2) is 23.2 Å². The second kappa shape index (κ2) is 8.79. The van der Waals surface area contributed by atoms with E-state index in [1.807, 2.05) is 6.92 Å². The molecule has 9 heteroatoms. The van der Waals surface area contributed by atoms with Gasteiger partial charge in [-0.25, -0.2) is 9.79 Å². The van der Waals surface area contributed by atoms with Gasteiger partial charge in [0.05, 0.1) is 11.0 Å². The Hall–Kier alpha value is -2.42. The highest BCUT2D eigenvalue weighted by Gasteiger charge is 2.38. The summed E-state index contributed by atoms with van der Waals surface area (Å²) >= 11 is 1.65. The quantitative estimate of drug-likeness (QED) is 0.337. The zero-order valence-electron chi connectivity index (χ0n) is 14.9. The summed E-state index contributed by atoms with van der Waals surface area (Å²) in [6, 6.07) is 3.30. The van der Waals surface area contributed by atoms with Crippen LogP contribution in [-0.2, 0) is 9.53 Å². The molecular formula is C17H21N3O5S. The number of nitrogens with one attached hydrogen (secondary N) is 1. The highest BCUT2D eigenvalue weighted by molar-refractivity contribution is 7.99. The number of nitrogens with zero attached hydrogens (tertiary/aromatic N) is 2. The molecule has 2 rings (SSSR count). The summed E-state index contributed by atoms with van der Waals surface area (Å²) in [5, 5.41) is 13.8. The van der Waals surface area contributed by atoms with Crippen molar-refractivity contribution in [2.24, 2.45) is 10.9 Å². The van der Waals surface area contributed by atoms with Crippen LogP contribution in [0.4, 0.5) is 10.5 Å². The summed E-state index contributed by atoms with van der Waals surface area (Å²) in [6.07, 6.45) is 0. The van der Waals surface area contributed by atoms with E-state index in [1.165, 1.54) is 6.07 Å². The van der Waals surface area contributed by atoms with Crippen LogP contribution in [0.3, 0.4) is 0 Å². The van der Waals surface area contributed by atoms with Crippen LogP contribution >= 0.6 is 11.8 Å². The normalized spacial score (nSPS) is 19.5. The third kappa shape index (κ3) is 4.60. The molecule has 0 saturated carbocycles. The van der Waals surface area contributed by atoms with Gasteiger partial charge in [-0.2, -0.15) is 11.8 Å². The van der Waals surface area contributed by atoms with Crippen molar-refractivity contribution in [2.45, 2.75) is 26.8 Å². The van der Waals surface area contributed by atoms with Crippen LogP contribution in [0, 0.1) is 23.0 Å². The van der Waals surface area contributed by atoms with Gasteiger partial charge in [0.15, 0.2) is 0 Å². The van der Waals surface area contributed by atoms with E-state index in [0.29, 0.717) is 22.6 Å². The molecule has 2 unspecified atom stereocenters. The number of nitro benzene ring substituents is 1. The van der Waals surface area contributed by atoms with Crippen LogP contribution in [0.5, 0.6) is 0 Å². The zero-order chi connectivity index (χ0) is 19.3. The van der Waals surface area contributed by atoms with Crippen molar-refractivity contribution in [3.8, 4) is 0 Å². The van der Waals surface area contributed by atoms with Gasteiger partial charge in [0.1, 0.15) is 12.5 Å². The molecule has 0 spiro atoms. The third-order valence-electron chi connectivity index (χ3n) is 4.06. The first-order chi connectivity index (χ1) is 12.3. The number of carbonyl (C=O) groups excluding carboxylic acids is 2.